The number of hydrogen-bond acceptors (Lipinski definition) is 4. The molecule has 1 aromatic heterocycles. The van der Waals surface area contributed by atoms with Crippen molar-refractivity contribution in [2.45, 2.75) is 13.3 Å². The van der Waals surface area contributed by atoms with Gasteiger partial charge in [-0.1, -0.05) is 29.8 Å². The van der Waals surface area contributed by atoms with Gasteiger partial charge < -0.3 is 15.1 Å². The van der Waals surface area contributed by atoms with Gasteiger partial charge in [0.15, 0.2) is 0 Å². The van der Waals surface area contributed by atoms with Crippen LogP contribution in [0.5, 0.6) is 0 Å². The summed E-state index contributed by atoms with van der Waals surface area (Å²) in [5, 5.41) is 2.88. The van der Waals surface area contributed by atoms with E-state index in [1.54, 1.807) is 11.1 Å². The first-order chi connectivity index (χ1) is 12.1. The quantitative estimate of drug-likeness (QED) is 0.845. The van der Waals surface area contributed by atoms with E-state index in [1.165, 1.54) is 0 Å². The van der Waals surface area contributed by atoms with Gasteiger partial charge in [0, 0.05) is 26.2 Å². The van der Waals surface area contributed by atoms with Crippen molar-refractivity contribution < 1.29 is 9.59 Å². The number of benzene rings is 1. The van der Waals surface area contributed by atoms with Gasteiger partial charge in [0.1, 0.15) is 5.82 Å². The van der Waals surface area contributed by atoms with E-state index in [9.17, 15) is 9.59 Å². The molecule has 1 N–H and O–H groups in total. The number of nitrogens with zero attached hydrogens (tertiary/aromatic N) is 3. The molecular formula is C19H22N4O2. The Morgan fingerprint density at radius 1 is 1.20 bits per heavy atom. The molecule has 0 atom stereocenters. The van der Waals surface area contributed by atoms with Crippen molar-refractivity contribution in [1.29, 1.82) is 0 Å². The second-order valence-electron chi connectivity index (χ2n) is 6.25. The number of aryl methyl sites for hydroxylation is 1. The fourth-order valence-electron chi connectivity index (χ4n) is 2.92. The fourth-order valence-corrected chi connectivity index (χ4v) is 2.92. The number of carbonyl (C=O) groups is 2. The minimum absolute atomic E-state index is 0.0558. The van der Waals surface area contributed by atoms with E-state index in [1.807, 2.05) is 43.3 Å². The number of nitrogens with one attached hydrogen (secondary N) is 1. The van der Waals surface area contributed by atoms with Crippen LogP contribution < -0.4 is 10.2 Å². The minimum Gasteiger partial charge on any atom is -0.353 e. The molecule has 2 aromatic rings. The zero-order valence-corrected chi connectivity index (χ0v) is 14.3. The summed E-state index contributed by atoms with van der Waals surface area (Å²) < 4.78 is 0. The highest BCUT2D eigenvalue weighted by molar-refractivity contribution is 5.92. The molecule has 0 unspecified atom stereocenters. The Bertz CT molecular complexity index is 737. The third-order valence-electron chi connectivity index (χ3n) is 4.27. The Morgan fingerprint density at radius 2 is 2.00 bits per heavy atom. The summed E-state index contributed by atoms with van der Waals surface area (Å²) in [4.78, 5) is 31.2. The third-order valence-corrected chi connectivity index (χ3v) is 4.27. The predicted octanol–water partition coefficient (Wildman–Crippen LogP) is 1.85. The Balaban J connectivity index is 1.55. The Labute approximate surface area is 147 Å². The highest BCUT2D eigenvalue weighted by Crippen LogP contribution is 2.16. The summed E-state index contributed by atoms with van der Waals surface area (Å²) in [6.07, 6.45) is 2.91. The van der Waals surface area contributed by atoms with Crippen LogP contribution in [0.4, 0.5) is 11.5 Å². The highest BCUT2D eigenvalue weighted by Gasteiger charge is 2.16. The molecule has 0 radical (unpaired) electrons. The molecular weight excluding hydrogens is 316 g/mol. The van der Waals surface area contributed by atoms with E-state index >= 15 is 0 Å². The summed E-state index contributed by atoms with van der Waals surface area (Å²) in [5.74, 6) is 0.807. The molecule has 1 aromatic carbocycles. The number of pyridine rings is 1. The van der Waals surface area contributed by atoms with Gasteiger partial charge in [-0.2, -0.15) is 0 Å². The van der Waals surface area contributed by atoms with E-state index in [0.29, 0.717) is 25.2 Å². The van der Waals surface area contributed by atoms with Gasteiger partial charge >= 0.3 is 0 Å². The van der Waals surface area contributed by atoms with Gasteiger partial charge in [-0.3, -0.25) is 9.59 Å². The molecule has 6 heteroatoms. The monoisotopic (exact) mass is 338 g/mol. The van der Waals surface area contributed by atoms with Crippen LogP contribution in [0.1, 0.15) is 11.1 Å². The summed E-state index contributed by atoms with van der Waals surface area (Å²) in [6, 6.07) is 11.7. The zero-order valence-electron chi connectivity index (χ0n) is 14.3. The number of amides is 2. The third kappa shape index (κ3) is 4.56. The molecule has 1 fully saturated rings. The maximum absolute atomic E-state index is 12.2. The van der Waals surface area contributed by atoms with Crippen molar-refractivity contribution in [3.8, 4) is 0 Å². The SMILES string of the molecule is Cc1cccc(CC(=O)Nc2ccc(N3CCN(C=O)CC3)nc2)c1. The van der Waals surface area contributed by atoms with Gasteiger partial charge in [0.2, 0.25) is 12.3 Å². The van der Waals surface area contributed by atoms with Crippen molar-refractivity contribution in [2.75, 3.05) is 36.4 Å². The van der Waals surface area contributed by atoms with Crippen molar-refractivity contribution in [3.05, 3.63) is 53.7 Å². The number of aromatic nitrogens is 1. The lowest BCUT2D eigenvalue weighted by atomic mass is 10.1. The van der Waals surface area contributed by atoms with E-state index in [2.05, 4.69) is 15.2 Å². The fraction of sp³-hybridized carbons (Fsp3) is 0.316. The maximum atomic E-state index is 12.2. The average molecular weight is 338 g/mol. The number of rotatable bonds is 5. The van der Waals surface area contributed by atoms with E-state index in [-0.39, 0.29) is 5.91 Å². The molecule has 0 spiro atoms. The lowest BCUT2D eigenvalue weighted by Crippen LogP contribution is -2.46. The summed E-state index contributed by atoms with van der Waals surface area (Å²) in [7, 11) is 0. The smallest absolute Gasteiger partial charge is 0.228 e. The van der Waals surface area contributed by atoms with Crippen LogP contribution in [-0.4, -0.2) is 48.4 Å². The standard InChI is InChI=1S/C19H22N4O2/c1-15-3-2-4-16(11-15)12-19(25)21-17-5-6-18(20-13-17)23-9-7-22(14-24)8-10-23/h2-6,11,13-14H,7-10,12H2,1H3,(H,21,25). The molecule has 25 heavy (non-hydrogen) atoms. The maximum Gasteiger partial charge on any atom is 0.228 e. The molecule has 0 saturated carbocycles. The molecule has 1 saturated heterocycles. The van der Waals surface area contributed by atoms with Gasteiger partial charge in [0.25, 0.3) is 0 Å². The van der Waals surface area contributed by atoms with Crippen LogP contribution >= 0.6 is 0 Å². The summed E-state index contributed by atoms with van der Waals surface area (Å²) in [5.41, 5.74) is 2.83. The van der Waals surface area contributed by atoms with Gasteiger partial charge in [-0.15, -0.1) is 0 Å². The van der Waals surface area contributed by atoms with Crippen LogP contribution in [-0.2, 0) is 16.0 Å². The van der Waals surface area contributed by atoms with Gasteiger partial charge in [-0.05, 0) is 24.6 Å². The molecule has 3 rings (SSSR count). The van der Waals surface area contributed by atoms with Gasteiger partial charge in [-0.25, -0.2) is 4.98 Å². The highest BCUT2D eigenvalue weighted by atomic mass is 16.1. The summed E-state index contributed by atoms with van der Waals surface area (Å²) in [6.45, 7) is 4.97. The van der Waals surface area contributed by atoms with Crippen molar-refractivity contribution in [3.63, 3.8) is 0 Å². The first-order valence-corrected chi connectivity index (χ1v) is 8.40. The Hall–Kier alpha value is -2.89. The molecule has 130 valence electrons. The number of piperazine rings is 1. The first kappa shape index (κ1) is 17.0. The second-order valence-corrected chi connectivity index (χ2v) is 6.25. The molecule has 0 aliphatic carbocycles. The van der Waals surface area contributed by atoms with Crippen molar-refractivity contribution in [1.82, 2.24) is 9.88 Å². The Kier molecular flexibility index (Phi) is 5.28. The normalized spacial score (nSPS) is 14.3. The number of carbonyl (C=O) groups excluding carboxylic acids is 2. The molecule has 2 heterocycles. The van der Waals surface area contributed by atoms with E-state index < -0.39 is 0 Å². The van der Waals surface area contributed by atoms with Crippen LogP contribution in [0.3, 0.4) is 0 Å². The lowest BCUT2D eigenvalue weighted by molar-refractivity contribution is -0.118. The average Bonchev–Trinajstić information content (AvgIpc) is 2.62. The second kappa shape index (κ2) is 7.79. The molecule has 1 aliphatic heterocycles. The molecule has 6 nitrogen and oxygen atoms in total. The van der Waals surface area contributed by atoms with E-state index in [4.69, 9.17) is 0 Å². The zero-order chi connectivity index (χ0) is 17.6. The Morgan fingerprint density at radius 3 is 2.64 bits per heavy atom. The first-order valence-electron chi connectivity index (χ1n) is 8.40. The van der Waals surface area contributed by atoms with Crippen molar-refractivity contribution in [2.24, 2.45) is 0 Å². The lowest BCUT2D eigenvalue weighted by Gasteiger charge is -2.33. The van der Waals surface area contributed by atoms with E-state index in [0.717, 1.165) is 36.4 Å². The molecule has 0 bridgehead atoms. The molecule has 1 aliphatic rings. The topological polar surface area (TPSA) is 65.5 Å². The van der Waals surface area contributed by atoms with Gasteiger partial charge in [0.05, 0.1) is 18.3 Å². The van der Waals surface area contributed by atoms with Crippen molar-refractivity contribution >= 4 is 23.8 Å². The largest absolute Gasteiger partial charge is 0.353 e. The predicted molar refractivity (Wildman–Crippen MR) is 97.6 cm³/mol. The van der Waals surface area contributed by atoms with Crippen LogP contribution in [0.25, 0.3) is 0 Å². The van der Waals surface area contributed by atoms with Crippen LogP contribution in [0, 0.1) is 6.92 Å². The van der Waals surface area contributed by atoms with Crippen LogP contribution in [0.15, 0.2) is 42.6 Å². The molecule has 2 amide bonds. The summed E-state index contributed by atoms with van der Waals surface area (Å²) >= 11 is 0. The minimum atomic E-state index is -0.0558. The number of hydrogen-bond donors (Lipinski definition) is 1. The van der Waals surface area contributed by atoms with Crippen LogP contribution in [0.2, 0.25) is 0 Å². The number of anilines is 2.